The van der Waals surface area contributed by atoms with E-state index < -0.39 is 0 Å². The second-order valence-corrected chi connectivity index (χ2v) is 8.07. The van der Waals surface area contributed by atoms with E-state index in [4.69, 9.17) is 23.2 Å². The summed E-state index contributed by atoms with van der Waals surface area (Å²) in [6.07, 6.45) is 1.03. The van der Waals surface area contributed by atoms with Gasteiger partial charge in [0.1, 0.15) is 0 Å². The molecule has 0 spiro atoms. The lowest BCUT2D eigenvalue weighted by Crippen LogP contribution is -2.28. The molecule has 2 unspecified atom stereocenters. The van der Waals surface area contributed by atoms with E-state index in [0.29, 0.717) is 22.1 Å². The van der Waals surface area contributed by atoms with Crippen LogP contribution in [0.5, 0.6) is 0 Å². The minimum atomic E-state index is 0.287. The summed E-state index contributed by atoms with van der Waals surface area (Å²) in [5.74, 6) is 0.287. The van der Waals surface area contributed by atoms with Crippen molar-refractivity contribution in [3.63, 3.8) is 0 Å². The fourth-order valence-electron chi connectivity index (χ4n) is 4.08. The van der Waals surface area contributed by atoms with Crippen molar-refractivity contribution >= 4 is 34.6 Å². The molecule has 0 bridgehead atoms. The Morgan fingerprint density at radius 2 is 1.84 bits per heavy atom. The van der Waals surface area contributed by atoms with Gasteiger partial charge in [0, 0.05) is 35.3 Å². The van der Waals surface area contributed by atoms with Crippen LogP contribution in [0.3, 0.4) is 0 Å². The number of anilines is 2. The highest BCUT2D eigenvalue weighted by atomic mass is 35.5. The van der Waals surface area contributed by atoms with E-state index in [9.17, 15) is 0 Å². The first kappa shape index (κ1) is 17.0. The van der Waals surface area contributed by atoms with Crippen LogP contribution in [-0.2, 0) is 0 Å². The maximum atomic E-state index is 6.48. The fourth-order valence-corrected chi connectivity index (χ4v) is 4.64. The van der Waals surface area contributed by atoms with Gasteiger partial charge in [-0.1, -0.05) is 41.4 Å². The third-order valence-corrected chi connectivity index (χ3v) is 5.73. The van der Waals surface area contributed by atoms with Crippen LogP contribution in [0.4, 0.5) is 11.4 Å². The van der Waals surface area contributed by atoms with Crippen LogP contribution >= 0.6 is 23.2 Å². The Hall–Kier alpha value is -1.42. The van der Waals surface area contributed by atoms with Crippen molar-refractivity contribution in [3.05, 3.63) is 57.6 Å². The number of hydrogen-bond donors (Lipinski definition) is 2. The number of fused-ring (bicyclic) bond motifs is 1. The Bertz CT molecular complexity index is 793. The first-order chi connectivity index (χ1) is 12.0. The van der Waals surface area contributed by atoms with E-state index in [1.807, 2.05) is 6.07 Å². The summed E-state index contributed by atoms with van der Waals surface area (Å²) < 4.78 is 0. The summed E-state index contributed by atoms with van der Waals surface area (Å²) in [6.45, 7) is 6.36. The van der Waals surface area contributed by atoms with Crippen molar-refractivity contribution in [2.24, 2.45) is 0 Å². The summed E-state index contributed by atoms with van der Waals surface area (Å²) in [4.78, 5) is 2.43. The first-order valence-corrected chi connectivity index (χ1v) is 9.61. The van der Waals surface area contributed by atoms with Gasteiger partial charge in [-0.2, -0.15) is 0 Å². The molecule has 0 aromatic heterocycles. The second kappa shape index (κ2) is 6.71. The number of nitrogens with zero attached hydrogens (tertiary/aromatic N) is 1. The third-order valence-electron chi connectivity index (χ3n) is 5.22. The smallest absolute Gasteiger partial charge is 0.0685 e. The van der Waals surface area contributed by atoms with E-state index in [2.05, 4.69) is 59.7 Å². The van der Waals surface area contributed by atoms with Crippen LogP contribution < -0.4 is 15.5 Å². The highest BCUT2D eigenvalue weighted by Gasteiger charge is 2.31. The second-order valence-electron chi connectivity index (χ2n) is 7.23. The van der Waals surface area contributed by atoms with E-state index in [-0.39, 0.29) is 5.92 Å². The molecule has 0 saturated carbocycles. The monoisotopic (exact) mass is 375 g/mol. The Morgan fingerprint density at radius 3 is 2.60 bits per heavy atom. The van der Waals surface area contributed by atoms with Crippen molar-refractivity contribution in [2.75, 3.05) is 23.4 Å². The lowest BCUT2D eigenvalue weighted by atomic mass is 9.81. The van der Waals surface area contributed by atoms with Gasteiger partial charge in [-0.15, -0.1) is 0 Å². The van der Waals surface area contributed by atoms with E-state index in [0.717, 1.165) is 25.3 Å². The number of para-hydroxylation sites is 1. The van der Waals surface area contributed by atoms with Gasteiger partial charge < -0.3 is 10.2 Å². The maximum absolute atomic E-state index is 6.48. The molecule has 2 aromatic carbocycles. The van der Waals surface area contributed by atoms with Crippen molar-refractivity contribution in [1.82, 2.24) is 5.32 Å². The first-order valence-electron chi connectivity index (χ1n) is 8.85. The molecular formula is C20H23Cl2N3. The van der Waals surface area contributed by atoms with Crippen molar-refractivity contribution in [3.8, 4) is 0 Å². The number of hydrogen-bond acceptors (Lipinski definition) is 3. The minimum Gasteiger partial charge on any atom is -0.381 e. The van der Waals surface area contributed by atoms with Crippen molar-refractivity contribution in [1.29, 1.82) is 0 Å². The molecule has 3 atom stereocenters. The molecule has 2 aliphatic heterocycles. The molecule has 2 N–H and O–H groups in total. The zero-order valence-corrected chi connectivity index (χ0v) is 16.0. The predicted octanol–water partition coefficient (Wildman–Crippen LogP) is 5.09. The lowest BCUT2D eigenvalue weighted by Gasteiger charge is -2.34. The normalized spacial score (nSPS) is 25.6. The lowest BCUT2D eigenvalue weighted by molar-refractivity contribution is 0.613. The maximum Gasteiger partial charge on any atom is 0.0685 e. The molecule has 0 amide bonds. The molecule has 0 radical (unpaired) electrons. The molecule has 25 heavy (non-hydrogen) atoms. The molecule has 5 heteroatoms. The van der Waals surface area contributed by atoms with Gasteiger partial charge in [0.2, 0.25) is 0 Å². The number of nitrogens with one attached hydrogen (secondary N) is 2. The van der Waals surface area contributed by atoms with Crippen molar-refractivity contribution < 1.29 is 0 Å². The predicted molar refractivity (Wildman–Crippen MR) is 107 cm³/mol. The molecule has 1 fully saturated rings. The van der Waals surface area contributed by atoms with Gasteiger partial charge in [0.25, 0.3) is 0 Å². The molecule has 3 nitrogen and oxygen atoms in total. The Labute approximate surface area is 159 Å². The Kier molecular flexibility index (Phi) is 4.57. The van der Waals surface area contributed by atoms with Crippen LogP contribution in [0.15, 0.2) is 36.4 Å². The highest BCUT2D eigenvalue weighted by molar-refractivity contribution is 6.36. The summed E-state index contributed by atoms with van der Waals surface area (Å²) in [6, 6.07) is 13.5. The largest absolute Gasteiger partial charge is 0.381 e. The standard InChI is InChI=1S/C20H23Cl2N3/c1-12-7-16(17-8-14(21)9-18(22)20(17)24-12)15-5-3-4-6-19(15)25-10-13(2)23-11-25/h3-6,8-9,12-13,16,23-24H,7,10-11H2,1-2H3/t12-,13?,16?/m1/s1. The average Bonchev–Trinajstić information content (AvgIpc) is 3.01. The van der Waals surface area contributed by atoms with Gasteiger partial charge in [0.05, 0.1) is 17.4 Å². The van der Waals surface area contributed by atoms with Gasteiger partial charge in [-0.05, 0) is 49.6 Å². The van der Waals surface area contributed by atoms with Crippen LogP contribution in [0.1, 0.15) is 37.3 Å². The summed E-state index contributed by atoms with van der Waals surface area (Å²) >= 11 is 12.8. The molecule has 4 rings (SSSR count). The molecular weight excluding hydrogens is 353 g/mol. The minimum absolute atomic E-state index is 0.287. The van der Waals surface area contributed by atoms with Gasteiger partial charge in [-0.3, -0.25) is 5.32 Å². The summed E-state index contributed by atoms with van der Waals surface area (Å²) in [5, 5.41) is 8.45. The molecule has 0 aliphatic carbocycles. The average molecular weight is 376 g/mol. The topological polar surface area (TPSA) is 27.3 Å². The summed E-state index contributed by atoms with van der Waals surface area (Å²) in [7, 11) is 0. The van der Waals surface area contributed by atoms with Crippen LogP contribution in [-0.4, -0.2) is 25.3 Å². The van der Waals surface area contributed by atoms with Gasteiger partial charge >= 0.3 is 0 Å². The third kappa shape index (κ3) is 3.21. The van der Waals surface area contributed by atoms with E-state index in [1.165, 1.54) is 16.8 Å². The molecule has 1 saturated heterocycles. The molecule has 132 valence electrons. The number of benzene rings is 2. The van der Waals surface area contributed by atoms with Crippen LogP contribution in [0.2, 0.25) is 10.0 Å². The fraction of sp³-hybridized carbons (Fsp3) is 0.400. The van der Waals surface area contributed by atoms with Gasteiger partial charge in [-0.25, -0.2) is 0 Å². The Balaban J connectivity index is 1.81. The zero-order valence-electron chi connectivity index (χ0n) is 14.5. The molecule has 2 aromatic rings. The highest BCUT2D eigenvalue weighted by Crippen LogP contribution is 2.46. The Morgan fingerprint density at radius 1 is 1.04 bits per heavy atom. The quantitative estimate of drug-likeness (QED) is 0.765. The van der Waals surface area contributed by atoms with Crippen LogP contribution in [0, 0.1) is 0 Å². The zero-order chi connectivity index (χ0) is 17.6. The van der Waals surface area contributed by atoms with Crippen LogP contribution in [0.25, 0.3) is 0 Å². The van der Waals surface area contributed by atoms with Gasteiger partial charge in [0.15, 0.2) is 0 Å². The van der Waals surface area contributed by atoms with E-state index in [1.54, 1.807) is 0 Å². The molecule has 2 aliphatic rings. The van der Waals surface area contributed by atoms with E-state index >= 15 is 0 Å². The SMILES string of the molecule is CC1CN(c2ccccc2C2C[C@@H](C)Nc3c(Cl)cc(Cl)cc32)CN1. The molecule has 2 heterocycles. The number of halogens is 2. The number of rotatable bonds is 2. The summed E-state index contributed by atoms with van der Waals surface area (Å²) in [5.41, 5.74) is 4.88. The van der Waals surface area contributed by atoms with Crippen molar-refractivity contribution in [2.45, 2.75) is 38.3 Å².